The molecule has 0 spiro atoms. The van der Waals surface area contributed by atoms with Gasteiger partial charge in [0.25, 0.3) is 0 Å². The predicted molar refractivity (Wildman–Crippen MR) is 328 cm³/mol. The number of rotatable bonds is 23. The Morgan fingerprint density at radius 1 is 0.506 bits per heavy atom. The Balaban J connectivity index is 1.16. The Morgan fingerprint density at radius 2 is 0.988 bits per heavy atom. The Hall–Kier alpha value is -5.12. The summed E-state index contributed by atoms with van der Waals surface area (Å²) < 4.78 is 87.1. The van der Waals surface area contributed by atoms with Gasteiger partial charge in [-0.05, 0) is 160 Å². The van der Waals surface area contributed by atoms with Gasteiger partial charge in [-0.25, -0.2) is 0 Å². The minimum Gasteiger partial charge on any atom is -0.493 e. The first-order valence-corrected chi connectivity index (χ1v) is 30.7. The second kappa shape index (κ2) is 32.7. The quantitative estimate of drug-likeness (QED) is 0.0385. The van der Waals surface area contributed by atoms with Gasteiger partial charge in [0.1, 0.15) is 34.9 Å². The predicted octanol–water partition coefficient (Wildman–Crippen LogP) is 9.89. The molecule has 0 amide bonds. The fourth-order valence-electron chi connectivity index (χ4n) is 10.8. The number of halogens is 3. The summed E-state index contributed by atoms with van der Waals surface area (Å²) >= 11 is 0. The molecule has 3 aromatic carbocycles. The van der Waals surface area contributed by atoms with E-state index in [9.17, 15) is 14.4 Å². The van der Waals surface area contributed by atoms with E-state index in [4.69, 9.17) is 33.2 Å². The molecular weight excluding hydrogens is 1090 g/mol. The maximum Gasteiger partial charge on any atom is 0.417 e. The summed E-state index contributed by atoms with van der Waals surface area (Å²) in [5.74, 6) is 0.132. The van der Waals surface area contributed by atoms with Crippen molar-refractivity contribution in [1.29, 1.82) is 0 Å². The Labute approximate surface area is 505 Å². The first-order chi connectivity index (χ1) is 40.2. The van der Waals surface area contributed by atoms with Crippen molar-refractivity contribution >= 4 is 30.1 Å². The van der Waals surface area contributed by atoms with Crippen LogP contribution in [0.3, 0.4) is 0 Å². The lowest BCUT2D eigenvalue weighted by atomic mass is 9.92. The molecule has 16 nitrogen and oxygen atoms in total. The van der Waals surface area contributed by atoms with Crippen LogP contribution < -0.4 is 9.47 Å². The molecule has 3 aliphatic rings. The number of ether oxygens (including phenoxy) is 7. The number of hydrogen-bond acceptors (Lipinski definition) is 16. The van der Waals surface area contributed by atoms with Crippen LogP contribution in [0.15, 0.2) is 48.5 Å². The Morgan fingerprint density at radius 3 is 1.52 bits per heavy atom. The van der Waals surface area contributed by atoms with E-state index >= 15 is 13.2 Å². The van der Waals surface area contributed by atoms with Gasteiger partial charge in [0.15, 0.2) is 0 Å². The Bertz CT molecular complexity index is 2570. The summed E-state index contributed by atoms with van der Waals surface area (Å²) in [6.07, 6.45) is 2.63. The van der Waals surface area contributed by atoms with Crippen LogP contribution in [0.4, 0.5) is 13.2 Å². The lowest BCUT2D eigenvalue weighted by molar-refractivity contribution is -0.158. The average molecular weight is 1190 g/mol. The highest BCUT2D eigenvalue weighted by Crippen LogP contribution is 2.39. The van der Waals surface area contributed by atoms with Crippen molar-refractivity contribution in [2.45, 2.75) is 131 Å². The third kappa shape index (κ3) is 24.9. The van der Waals surface area contributed by atoms with Crippen molar-refractivity contribution in [3.05, 3.63) is 81.9 Å². The number of hydrogen-bond donors (Lipinski definition) is 0. The highest BCUT2D eigenvalue weighted by Gasteiger charge is 2.35. The van der Waals surface area contributed by atoms with Gasteiger partial charge in [-0.3, -0.25) is 43.8 Å². The highest BCUT2D eigenvalue weighted by atomic mass is 19.4. The second-order valence-electron chi connectivity index (χ2n) is 25.7. The van der Waals surface area contributed by atoms with Crippen LogP contribution >= 0.6 is 0 Å². The number of carbonyl (C=O) groups excluding carboxylic acids is 3. The van der Waals surface area contributed by atoms with Crippen LogP contribution in [-0.2, 0) is 50.8 Å². The van der Waals surface area contributed by atoms with Crippen LogP contribution in [0.2, 0.25) is 0 Å². The molecule has 474 valence electrons. The SMILES string of the molecule is Cc1c(/C=C/c2cc(OCCOCCN3CCN(CC(=O)OC(C)(C)C)CCN(CC(=O)OC(C)(C)C)CCN(CC(=O)OC(C)(C)C)CC3)c(CN3CCCCC3)cc2C(F)(F)F)cccc1-c1cccc(OCCCN2CCOCC2)c1C. The maximum absolute atomic E-state index is 15.2. The van der Waals surface area contributed by atoms with Crippen LogP contribution in [0, 0.1) is 13.8 Å². The standard InChI is InChI=1S/C66H99F3N6O10/c1-50-52(18-15-19-55(50)56-20-16-21-58(51(56)2)81-38-17-26-70-35-39-79-40-36-70)22-23-53-45-59(54(44-57(53)66(67,68)69)46-72-24-13-12-14-25-72)82-43-42-80-41-37-71-27-29-73(47-60(76)83-63(3,4)5)31-33-75(49-62(78)85-65(9,10)11)34-32-74(30-28-71)48-61(77)84-64(6,7)8/h15-16,18-23,44-45H,12-14,17,24-43,46-49H2,1-11H3/b23-22+. The summed E-state index contributed by atoms with van der Waals surface area (Å²) in [6.45, 7) is 32.6. The lowest BCUT2D eigenvalue weighted by Gasteiger charge is -2.34. The molecule has 0 atom stereocenters. The molecular formula is C66H99F3N6O10. The van der Waals surface area contributed by atoms with Gasteiger partial charge < -0.3 is 33.2 Å². The molecule has 0 aromatic heterocycles. The minimum atomic E-state index is -4.63. The van der Waals surface area contributed by atoms with E-state index in [0.717, 1.165) is 105 Å². The summed E-state index contributed by atoms with van der Waals surface area (Å²) in [5.41, 5.74) is 2.46. The molecule has 3 aromatic rings. The van der Waals surface area contributed by atoms with E-state index in [0.29, 0.717) is 90.0 Å². The summed E-state index contributed by atoms with van der Waals surface area (Å²) in [5, 5.41) is 0. The van der Waals surface area contributed by atoms with Gasteiger partial charge >= 0.3 is 24.1 Å². The van der Waals surface area contributed by atoms with E-state index in [1.165, 1.54) is 12.1 Å². The van der Waals surface area contributed by atoms with Crippen LogP contribution in [0.1, 0.15) is 121 Å². The molecule has 0 N–H and O–H groups in total. The van der Waals surface area contributed by atoms with Gasteiger partial charge in [-0.2, -0.15) is 13.2 Å². The van der Waals surface area contributed by atoms with Gasteiger partial charge in [0.05, 0.1) is 58.2 Å². The number of alkyl halides is 3. The number of benzene rings is 3. The van der Waals surface area contributed by atoms with E-state index in [1.54, 1.807) is 12.2 Å². The van der Waals surface area contributed by atoms with Crippen LogP contribution in [0.25, 0.3) is 23.3 Å². The summed E-state index contributed by atoms with van der Waals surface area (Å²) in [6, 6.07) is 14.7. The topological polar surface area (TPSA) is 135 Å². The maximum atomic E-state index is 15.2. The molecule has 0 saturated carbocycles. The third-order valence-corrected chi connectivity index (χ3v) is 15.0. The number of likely N-dealkylation sites (tertiary alicyclic amines) is 1. The van der Waals surface area contributed by atoms with Gasteiger partial charge in [-0.1, -0.05) is 48.9 Å². The molecule has 0 radical (unpaired) electrons. The number of piperidine rings is 1. The molecule has 3 saturated heterocycles. The van der Waals surface area contributed by atoms with Gasteiger partial charge in [0.2, 0.25) is 0 Å². The van der Waals surface area contributed by atoms with Crippen LogP contribution in [0.5, 0.6) is 11.5 Å². The fraction of sp³-hybridized carbons (Fsp3) is 0.652. The smallest absolute Gasteiger partial charge is 0.417 e. The van der Waals surface area contributed by atoms with Gasteiger partial charge in [-0.15, -0.1) is 0 Å². The molecule has 19 heteroatoms. The minimum absolute atomic E-state index is 0.00625. The first kappa shape index (κ1) is 69.0. The summed E-state index contributed by atoms with van der Waals surface area (Å²) in [4.78, 5) is 52.5. The van der Waals surface area contributed by atoms with Crippen molar-refractivity contribution in [2.24, 2.45) is 0 Å². The molecule has 0 aliphatic carbocycles. The number of nitrogens with zero attached hydrogens (tertiary/aromatic N) is 6. The van der Waals surface area contributed by atoms with Crippen molar-refractivity contribution in [1.82, 2.24) is 29.4 Å². The molecule has 85 heavy (non-hydrogen) atoms. The van der Waals surface area contributed by atoms with E-state index in [1.807, 2.05) is 121 Å². The number of esters is 3. The zero-order chi connectivity index (χ0) is 61.8. The van der Waals surface area contributed by atoms with Crippen molar-refractivity contribution in [2.75, 3.05) is 151 Å². The molecule has 6 rings (SSSR count). The third-order valence-electron chi connectivity index (χ3n) is 15.0. The van der Waals surface area contributed by atoms with Crippen molar-refractivity contribution < 1.29 is 60.7 Å². The van der Waals surface area contributed by atoms with Crippen LogP contribution in [-0.4, -0.2) is 215 Å². The highest BCUT2D eigenvalue weighted by molar-refractivity contribution is 5.80. The second-order valence-corrected chi connectivity index (χ2v) is 25.7. The number of morpholine rings is 1. The molecule has 0 bridgehead atoms. The molecule has 3 aliphatic heterocycles. The Kier molecular flexibility index (Phi) is 26.6. The van der Waals surface area contributed by atoms with E-state index in [-0.39, 0.29) is 56.3 Å². The van der Waals surface area contributed by atoms with E-state index < -0.39 is 28.5 Å². The first-order valence-electron chi connectivity index (χ1n) is 30.7. The molecule has 3 fully saturated rings. The van der Waals surface area contributed by atoms with Gasteiger partial charge in [0, 0.05) is 90.6 Å². The average Bonchev–Trinajstić information content (AvgIpc) is 3.37. The zero-order valence-corrected chi connectivity index (χ0v) is 53.0. The normalized spacial score (nSPS) is 17.8. The fourth-order valence-corrected chi connectivity index (χ4v) is 10.8. The molecule has 0 unspecified atom stereocenters. The largest absolute Gasteiger partial charge is 0.493 e. The lowest BCUT2D eigenvalue weighted by Crippen LogP contribution is -2.49. The number of carbonyl (C=O) groups is 3. The van der Waals surface area contributed by atoms with E-state index in [2.05, 4.69) is 20.8 Å². The summed E-state index contributed by atoms with van der Waals surface area (Å²) in [7, 11) is 0. The zero-order valence-electron chi connectivity index (χ0n) is 53.0. The monoisotopic (exact) mass is 1190 g/mol. The molecule has 3 heterocycles. The van der Waals surface area contributed by atoms with Crippen molar-refractivity contribution in [3.8, 4) is 22.6 Å². The van der Waals surface area contributed by atoms with Crippen molar-refractivity contribution in [3.63, 3.8) is 0 Å².